The summed E-state index contributed by atoms with van der Waals surface area (Å²) in [6, 6.07) is 3.91. The van der Waals surface area contributed by atoms with Gasteiger partial charge in [-0.1, -0.05) is 6.07 Å². The molecule has 2 heterocycles. The van der Waals surface area contributed by atoms with Crippen molar-refractivity contribution in [2.45, 2.75) is 19.4 Å². The summed E-state index contributed by atoms with van der Waals surface area (Å²) in [5, 5.41) is 2.72. The molecule has 0 aromatic carbocycles. The number of nitrogens with one attached hydrogen (secondary N) is 1. The van der Waals surface area contributed by atoms with Crippen molar-refractivity contribution < 1.29 is 4.79 Å². The molecular formula is C13H20N4O. The average Bonchev–Trinajstić information content (AvgIpc) is 2.46. The van der Waals surface area contributed by atoms with Crippen LogP contribution in [0.15, 0.2) is 18.3 Å². The molecule has 3 N–H and O–H groups in total. The Kier molecular flexibility index (Phi) is 4.15. The predicted molar refractivity (Wildman–Crippen MR) is 71.1 cm³/mol. The largest absolute Gasteiger partial charge is 0.359 e. The van der Waals surface area contributed by atoms with Gasteiger partial charge in [0.1, 0.15) is 5.82 Å². The fourth-order valence-electron chi connectivity index (χ4n) is 2.43. The minimum absolute atomic E-state index is 0.135. The molecule has 5 nitrogen and oxygen atoms in total. The van der Waals surface area contributed by atoms with Crippen molar-refractivity contribution in [1.29, 1.82) is 0 Å². The molecule has 1 aliphatic heterocycles. The summed E-state index contributed by atoms with van der Waals surface area (Å²) in [6.45, 7) is 2.22. The van der Waals surface area contributed by atoms with E-state index >= 15 is 0 Å². The lowest BCUT2D eigenvalue weighted by Crippen LogP contribution is -2.40. The van der Waals surface area contributed by atoms with Crippen molar-refractivity contribution in [2.24, 2.45) is 11.7 Å². The van der Waals surface area contributed by atoms with E-state index in [9.17, 15) is 4.79 Å². The number of hydrogen-bond acceptors (Lipinski definition) is 4. The zero-order chi connectivity index (χ0) is 13.0. The standard InChI is InChI=1S/C13H20N4O/c1-15-13(18)10-4-7-17(8-5-10)12-11(9-14)3-2-6-16-12/h2-3,6,10H,4-5,7-9,14H2,1H3,(H,15,18). The first-order valence-corrected chi connectivity index (χ1v) is 6.36. The molecule has 0 radical (unpaired) electrons. The molecule has 98 valence electrons. The Bertz CT molecular complexity index is 413. The van der Waals surface area contributed by atoms with Crippen LogP contribution in [0.4, 0.5) is 5.82 Å². The summed E-state index contributed by atoms with van der Waals surface area (Å²) in [5.74, 6) is 1.25. The van der Waals surface area contributed by atoms with Gasteiger partial charge in [0.2, 0.25) is 5.91 Å². The number of hydrogen-bond donors (Lipinski definition) is 2. The van der Waals surface area contributed by atoms with E-state index in [1.165, 1.54) is 0 Å². The summed E-state index contributed by atoms with van der Waals surface area (Å²) in [6.07, 6.45) is 3.54. The molecule has 0 unspecified atom stereocenters. The normalized spacial score (nSPS) is 16.7. The Labute approximate surface area is 107 Å². The quantitative estimate of drug-likeness (QED) is 0.817. The molecule has 0 saturated carbocycles. The smallest absolute Gasteiger partial charge is 0.222 e. The molecule has 0 spiro atoms. The van der Waals surface area contributed by atoms with E-state index in [2.05, 4.69) is 15.2 Å². The van der Waals surface area contributed by atoms with Gasteiger partial charge in [-0.25, -0.2) is 4.98 Å². The molecule has 2 rings (SSSR count). The van der Waals surface area contributed by atoms with Crippen LogP contribution in [-0.2, 0) is 11.3 Å². The number of anilines is 1. The fraction of sp³-hybridized carbons (Fsp3) is 0.538. The van der Waals surface area contributed by atoms with Gasteiger partial charge in [0, 0.05) is 44.4 Å². The number of aromatic nitrogens is 1. The summed E-state index contributed by atoms with van der Waals surface area (Å²) in [4.78, 5) is 18.2. The van der Waals surface area contributed by atoms with E-state index < -0.39 is 0 Å². The monoisotopic (exact) mass is 248 g/mol. The SMILES string of the molecule is CNC(=O)C1CCN(c2ncccc2CN)CC1. The lowest BCUT2D eigenvalue weighted by atomic mass is 9.96. The summed E-state index contributed by atoms with van der Waals surface area (Å²) >= 11 is 0. The Balaban J connectivity index is 2.03. The number of carbonyl (C=O) groups is 1. The van der Waals surface area contributed by atoms with Crippen molar-refractivity contribution in [2.75, 3.05) is 25.0 Å². The molecule has 0 bridgehead atoms. The zero-order valence-corrected chi connectivity index (χ0v) is 10.7. The second kappa shape index (κ2) is 5.82. The Morgan fingerprint density at radius 1 is 1.56 bits per heavy atom. The van der Waals surface area contributed by atoms with Crippen molar-refractivity contribution >= 4 is 11.7 Å². The number of pyridine rings is 1. The third kappa shape index (κ3) is 2.61. The Morgan fingerprint density at radius 3 is 2.89 bits per heavy atom. The number of amides is 1. The second-order valence-corrected chi connectivity index (χ2v) is 4.57. The number of nitrogens with zero attached hydrogens (tertiary/aromatic N) is 2. The summed E-state index contributed by atoms with van der Waals surface area (Å²) < 4.78 is 0. The minimum atomic E-state index is 0.135. The van der Waals surface area contributed by atoms with Gasteiger partial charge in [-0.15, -0.1) is 0 Å². The first-order chi connectivity index (χ1) is 8.76. The zero-order valence-electron chi connectivity index (χ0n) is 10.7. The van der Waals surface area contributed by atoms with Gasteiger partial charge in [-0.2, -0.15) is 0 Å². The van der Waals surface area contributed by atoms with Crippen LogP contribution in [0.25, 0.3) is 0 Å². The van der Waals surface area contributed by atoms with Crippen LogP contribution in [-0.4, -0.2) is 31.0 Å². The second-order valence-electron chi connectivity index (χ2n) is 4.57. The van der Waals surface area contributed by atoms with Gasteiger partial charge in [-0.3, -0.25) is 4.79 Å². The average molecular weight is 248 g/mol. The number of piperidine rings is 1. The molecule has 0 aliphatic carbocycles. The van der Waals surface area contributed by atoms with E-state index in [1.807, 2.05) is 12.1 Å². The van der Waals surface area contributed by atoms with Gasteiger partial charge in [0.15, 0.2) is 0 Å². The van der Waals surface area contributed by atoms with Crippen LogP contribution in [0, 0.1) is 5.92 Å². The van der Waals surface area contributed by atoms with Crippen LogP contribution in [0.2, 0.25) is 0 Å². The third-order valence-electron chi connectivity index (χ3n) is 3.50. The van der Waals surface area contributed by atoms with E-state index in [0.717, 1.165) is 37.3 Å². The molecule has 5 heteroatoms. The highest BCUT2D eigenvalue weighted by Crippen LogP contribution is 2.24. The van der Waals surface area contributed by atoms with Crippen molar-refractivity contribution in [3.63, 3.8) is 0 Å². The Hall–Kier alpha value is -1.62. The lowest BCUT2D eigenvalue weighted by molar-refractivity contribution is -0.125. The summed E-state index contributed by atoms with van der Waals surface area (Å²) in [7, 11) is 1.69. The number of carbonyl (C=O) groups excluding carboxylic acids is 1. The van der Waals surface area contributed by atoms with Crippen LogP contribution in [0.5, 0.6) is 0 Å². The minimum Gasteiger partial charge on any atom is -0.359 e. The number of rotatable bonds is 3. The van der Waals surface area contributed by atoms with Crippen molar-refractivity contribution in [1.82, 2.24) is 10.3 Å². The molecule has 18 heavy (non-hydrogen) atoms. The van der Waals surface area contributed by atoms with Gasteiger partial charge >= 0.3 is 0 Å². The van der Waals surface area contributed by atoms with Gasteiger partial charge in [0.05, 0.1) is 0 Å². The van der Waals surface area contributed by atoms with Crippen molar-refractivity contribution in [3.05, 3.63) is 23.9 Å². The molecule has 1 aliphatic rings. The fourth-order valence-corrected chi connectivity index (χ4v) is 2.43. The lowest BCUT2D eigenvalue weighted by Gasteiger charge is -2.32. The van der Waals surface area contributed by atoms with E-state index in [1.54, 1.807) is 13.2 Å². The molecular weight excluding hydrogens is 228 g/mol. The maximum atomic E-state index is 11.6. The Morgan fingerprint density at radius 2 is 2.28 bits per heavy atom. The van der Waals surface area contributed by atoms with E-state index in [-0.39, 0.29) is 11.8 Å². The van der Waals surface area contributed by atoms with Gasteiger partial charge in [0.25, 0.3) is 0 Å². The third-order valence-corrected chi connectivity index (χ3v) is 3.50. The molecule has 1 saturated heterocycles. The topological polar surface area (TPSA) is 71.2 Å². The molecule has 0 atom stereocenters. The van der Waals surface area contributed by atoms with Crippen LogP contribution < -0.4 is 16.0 Å². The molecule has 1 fully saturated rings. The van der Waals surface area contributed by atoms with E-state index in [0.29, 0.717) is 6.54 Å². The first-order valence-electron chi connectivity index (χ1n) is 6.36. The maximum absolute atomic E-state index is 11.6. The first kappa shape index (κ1) is 12.8. The highest BCUT2D eigenvalue weighted by Gasteiger charge is 2.25. The van der Waals surface area contributed by atoms with Crippen LogP contribution >= 0.6 is 0 Å². The van der Waals surface area contributed by atoms with E-state index in [4.69, 9.17) is 5.73 Å². The highest BCUT2D eigenvalue weighted by atomic mass is 16.1. The maximum Gasteiger partial charge on any atom is 0.222 e. The van der Waals surface area contributed by atoms with Gasteiger partial charge in [-0.05, 0) is 18.9 Å². The molecule has 1 aromatic heterocycles. The predicted octanol–water partition coefficient (Wildman–Crippen LogP) is 0.503. The van der Waals surface area contributed by atoms with Gasteiger partial charge < -0.3 is 16.0 Å². The van der Waals surface area contributed by atoms with Crippen molar-refractivity contribution in [3.8, 4) is 0 Å². The molecule has 1 aromatic rings. The van der Waals surface area contributed by atoms with Crippen LogP contribution in [0.3, 0.4) is 0 Å². The highest BCUT2D eigenvalue weighted by molar-refractivity contribution is 5.78. The summed E-state index contributed by atoms with van der Waals surface area (Å²) in [5.41, 5.74) is 6.79. The number of nitrogens with two attached hydrogens (primary N) is 1. The van der Waals surface area contributed by atoms with Crippen LogP contribution in [0.1, 0.15) is 18.4 Å². The molecule has 1 amide bonds.